The summed E-state index contributed by atoms with van der Waals surface area (Å²) in [7, 11) is -1.47. The molecule has 11 heteroatoms. The van der Waals surface area contributed by atoms with E-state index in [-0.39, 0.29) is 33.5 Å². The fourth-order valence-electron chi connectivity index (χ4n) is 5.29. The molecule has 0 fully saturated rings. The predicted octanol–water partition coefficient (Wildman–Crippen LogP) is 6.72. The van der Waals surface area contributed by atoms with E-state index < -0.39 is 21.9 Å². The van der Waals surface area contributed by atoms with Gasteiger partial charge in [-0.05, 0) is 47.4 Å². The second-order valence-corrected chi connectivity index (χ2v) is 13.7. The van der Waals surface area contributed by atoms with Gasteiger partial charge in [0.2, 0.25) is 9.84 Å². The Bertz CT molecular complexity index is 1940. The second-order valence-electron chi connectivity index (χ2n) is 11.3. The van der Waals surface area contributed by atoms with E-state index >= 15 is 0 Å². The lowest BCUT2D eigenvalue weighted by Gasteiger charge is -2.25. The number of rotatable bonds is 15. The number of hydrogen-bond acceptors (Lipinski definition) is 9. The van der Waals surface area contributed by atoms with Crippen LogP contribution >= 0.6 is 11.6 Å². The molecule has 0 amide bonds. The molecule has 0 aliphatic rings. The number of benzene rings is 4. The molecule has 9 nitrogen and oxygen atoms in total. The molecular weight excluding hydrogens is 664 g/mol. The molecule has 0 unspecified atom stereocenters. The molecule has 0 saturated carbocycles. The summed E-state index contributed by atoms with van der Waals surface area (Å²) in [6.45, 7) is 1.71. The van der Waals surface area contributed by atoms with Crippen LogP contribution in [0.15, 0.2) is 125 Å². The van der Waals surface area contributed by atoms with Crippen molar-refractivity contribution in [3.8, 4) is 11.5 Å². The standard InChI is InChI=1S/C38H37ClN2O7S/c1-46-35-22-32(21-33(38(43)47-2)37(35)48-26-29-11-7-4-8-12-29)49(44,45)31-16-13-27(14-17-31)19-20-41(24-28-9-5-3-6-10-28)25-34(42)30-15-18-36(39)40-23-30/h3-18,21-23,34,42H,19-20,24-26H2,1-2H3/t34-/m0/s1. The van der Waals surface area contributed by atoms with E-state index in [0.29, 0.717) is 36.8 Å². The minimum absolute atomic E-state index is 0.0545. The van der Waals surface area contributed by atoms with Crippen LogP contribution in [0.3, 0.4) is 0 Å². The number of carbonyl (C=O) groups is 1. The van der Waals surface area contributed by atoms with Crippen molar-refractivity contribution in [1.29, 1.82) is 0 Å². The zero-order chi connectivity index (χ0) is 34.8. The van der Waals surface area contributed by atoms with Gasteiger partial charge >= 0.3 is 5.97 Å². The summed E-state index contributed by atoms with van der Waals surface area (Å²) in [5, 5.41) is 11.3. The zero-order valence-electron chi connectivity index (χ0n) is 27.2. The van der Waals surface area contributed by atoms with Crippen LogP contribution in [0.2, 0.25) is 5.15 Å². The van der Waals surface area contributed by atoms with Gasteiger partial charge in [0.05, 0.1) is 30.1 Å². The summed E-state index contributed by atoms with van der Waals surface area (Å²) in [6, 6.07) is 32.0. The number of hydrogen-bond donors (Lipinski definition) is 1. The molecule has 1 aromatic heterocycles. The number of aliphatic hydroxyl groups excluding tert-OH is 1. The van der Waals surface area contributed by atoms with Gasteiger partial charge in [0.15, 0.2) is 11.5 Å². The molecule has 5 aromatic rings. The largest absolute Gasteiger partial charge is 0.493 e. The molecule has 0 aliphatic carbocycles. The Morgan fingerprint density at radius 2 is 1.53 bits per heavy atom. The third kappa shape index (κ3) is 9.24. The summed E-state index contributed by atoms with van der Waals surface area (Å²) in [6.07, 6.45) is 1.40. The topological polar surface area (TPSA) is 115 Å². The Morgan fingerprint density at radius 1 is 0.857 bits per heavy atom. The van der Waals surface area contributed by atoms with E-state index in [2.05, 4.69) is 9.88 Å². The van der Waals surface area contributed by atoms with Gasteiger partial charge in [-0.1, -0.05) is 90.5 Å². The van der Waals surface area contributed by atoms with Crippen molar-refractivity contribution < 1.29 is 32.5 Å². The molecular formula is C38H37ClN2O7S. The summed E-state index contributed by atoms with van der Waals surface area (Å²) in [5.74, 6) is -0.583. The van der Waals surface area contributed by atoms with E-state index in [1.165, 1.54) is 26.4 Å². The monoisotopic (exact) mass is 700 g/mol. The first-order valence-corrected chi connectivity index (χ1v) is 17.4. The fourth-order valence-corrected chi connectivity index (χ4v) is 6.71. The summed E-state index contributed by atoms with van der Waals surface area (Å²) in [4.78, 5) is 18.9. The van der Waals surface area contributed by atoms with Crippen LogP contribution < -0.4 is 9.47 Å². The summed E-state index contributed by atoms with van der Waals surface area (Å²) < 4.78 is 44.0. The number of sulfone groups is 1. The molecule has 0 radical (unpaired) electrons. The van der Waals surface area contributed by atoms with Crippen LogP contribution in [0.25, 0.3) is 0 Å². The maximum absolute atomic E-state index is 13.8. The fraction of sp³-hybridized carbons (Fsp3) is 0.211. The van der Waals surface area contributed by atoms with E-state index in [1.807, 2.05) is 60.7 Å². The van der Waals surface area contributed by atoms with Gasteiger partial charge in [0.1, 0.15) is 17.3 Å². The first-order valence-electron chi connectivity index (χ1n) is 15.5. The zero-order valence-corrected chi connectivity index (χ0v) is 28.7. The van der Waals surface area contributed by atoms with Crippen molar-refractivity contribution in [3.63, 3.8) is 0 Å². The normalized spacial score (nSPS) is 12.0. The molecule has 4 aromatic carbocycles. The highest BCUT2D eigenvalue weighted by molar-refractivity contribution is 7.91. The number of pyridine rings is 1. The van der Waals surface area contributed by atoms with E-state index in [4.69, 9.17) is 25.8 Å². The smallest absolute Gasteiger partial charge is 0.341 e. The van der Waals surface area contributed by atoms with Crippen LogP contribution in [0.5, 0.6) is 11.5 Å². The van der Waals surface area contributed by atoms with Gasteiger partial charge in [-0.15, -0.1) is 0 Å². The van der Waals surface area contributed by atoms with E-state index in [9.17, 15) is 18.3 Å². The van der Waals surface area contributed by atoms with Gasteiger partial charge < -0.3 is 19.3 Å². The lowest BCUT2D eigenvalue weighted by atomic mass is 10.1. The molecule has 0 spiro atoms. The van der Waals surface area contributed by atoms with Crippen molar-refractivity contribution >= 4 is 27.4 Å². The first-order chi connectivity index (χ1) is 23.7. The Balaban J connectivity index is 1.33. The highest BCUT2D eigenvalue weighted by atomic mass is 35.5. The molecule has 5 rings (SSSR count). The summed E-state index contributed by atoms with van der Waals surface area (Å²) >= 11 is 5.93. The van der Waals surface area contributed by atoms with E-state index in [0.717, 1.165) is 16.7 Å². The molecule has 0 aliphatic heterocycles. The van der Waals surface area contributed by atoms with Gasteiger partial charge in [-0.2, -0.15) is 0 Å². The number of halogens is 1. The van der Waals surface area contributed by atoms with E-state index in [1.54, 1.807) is 42.6 Å². The Morgan fingerprint density at radius 3 is 2.14 bits per heavy atom. The van der Waals surface area contributed by atoms with Gasteiger partial charge in [0.25, 0.3) is 0 Å². The number of esters is 1. The molecule has 254 valence electrons. The average Bonchev–Trinajstić information content (AvgIpc) is 3.13. The van der Waals surface area contributed by atoms with Crippen molar-refractivity contribution in [1.82, 2.24) is 9.88 Å². The van der Waals surface area contributed by atoms with Crippen molar-refractivity contribution in [2.24, 2.45) is 0 Å². The molecule has 0 bridgehead atoms. The van der Waals surface area contributed by atoms with Crippen molar-refractivity contribution in [3.05, 3.63) is 148 Å². The maximum Gasteiger partial charge on any atom is 0.341 e. The third-order valence-electron chi connectivity index (χ3n) is 7.96. The first kappa shape index (κ1) is 35.6. The number of aliphatic hydroxyl groups is 1. The minimum Gasteiger partial charge on any atom is -0.493 e. The second kappa shape index (κ2) is 16.6. The van der Waals surface area contributed by atoms with Crippen LogP contribution in [-0.2, 0) is 34.1 Å². The van der Waals surface area contributed by atoms with Crippen LogP contribution in [0.4, 0.5) is 0 Å². The third-order valence-corrected chi connectivity index (χ3v) is 9.93. The van der Waals surface area contributed by atoms with Gasteiger partial charge in [0, 0.05) is 37.5 Å². The van der Waals surface area contributed by atoms with Crippen LogP contribution in [-0.4, -0.2) is 56.7 Å². The lowest BCUT2D eigenvalue weighted by Crippen LogP contribution is -2.30. The Labute approximate surface area is 291 Å². The number of ether oxygens (including phenoxy) is 3. The molecule has 1 heterocycles. The Hall–Kier alpha value is -4.74. The number of methoxy groups -OCH3 is 2. The highest BCUT2D eigenvalue weighted by Crippen LogP contribution is 2.37. The number of aromatic nitrogens is 1. The quantitative estimate of drug-likeness (QED) is 0.0939. The number of carbonyl (C=O) groups excluding carboxylic acids is 1. The van der Waals surface area contributed by atoms with Crippen molar-refractivity contribution in [2.45, 2.75) is 35.5 Å². The predicted molar refractivity (Wildman–Crippen MR) is 187 cm³/mol. The number of nitrogens with zero attached hydrogens (tertiary/aromatic N) is 2. The Kier molecular flexibility index (Phi) is 12.0. The van der Waals surface area contributed by atoms with Crippen molar-refractivity contribution in [2.75, 3.05) is 27.3 Å². The molecule has 0 saturated heterocycles. The average molecular weight is 701 g/mol. The highest BCUT2D eigenvalue weighted by Gasteiger charge is 2.26. The molecule has 49 heavy (non-hydrogen) atoms. The lowest BCUT2D eigenvalue weighted by molar-refractivity contribution is 0.0594. The summed E-state index contributed by atoms with van der Waals surface area (Å²) in [5.41, 5.74) is 3.47. The van der Waals surface area contributed by atoms with Gasteiger partial charge in [-0.25, -0.2) is 18.2 Å². The van der Waals surface area contributed by atoms with Crippen LogP contribution in [0, 0.1) is 0 Å². The van der Waals surface area contributed by atoms with Crippen LogP contribution in [0.1, 0.15) is 38.7 Å². The molecule has 1 N–H and O–H groups in total. The molecule has 1 atom stereocenters. The van der Waals surface area contributed by atoms with Gasteiger partial charge in [-0.3, -0.25) is 4.90 Å². The maximum atomic E-state index is 13.8. The minimum atomic E-state index is -4.06. The SMILES string of the molecule is COC(=O)c1cc(S(=O)(=O)c2ccc(CCN(Cc3ccccc3)C[C@H](O)c3ccc(Cl)nc3)cc2)cc(OC)c1OCc1ccccc1.